The number of aromatic amines is 1. The van der Waals surface area contributed by atoms with Crippen LogP contribution in [0.4, 0.5) is 0 Å². The van der Waals surface area contributed by atoms with Gasteiger partial charge in [0.1, 0.15) is 0 Å². The lowest BCUT2D eigenvalue weighted by Gasteiger charge is -2.22. The van der Waals surface area contributed by atoms with E-state index in [4.69, 9.17) is 0 Å². The molecule has 1 fully saturated rings. The molecular formula is C18H21N5O. The summed E-state index contributed by atoms with van der Waals surface area (Å²) in [4.78, 5) is 16.8. The SMILES string of the molecule is O=C(C[C@@H]1CCCCN1)Cn1cnc2ccc(-c3cn[nH]c3)cc21. The minimum Gasteiger partial charge on any atom is -0.323 e. The number of nitrogens with zero attached hydrogens (tertiary/aromatic N) is 3. The fraction of sp³-hybridized carbons (Fsp3) is 0.389. The maximum Gasteiger partial charge on any atom is 0.154 e. The van der Waals surface area contributed by atoms with Gasteiger partial charge in [0, 0.05) is 24.2 Å². The molecular weight excluding hydrogens is 302 g/mol. The van der Waals surface area contributed by atoms with Crippen LogP contribution in [0, 0.1) is 0 Å². The highest BCUT2D eigenvalue weighted by molar-refractivity contribution is 5.85. The number of H-pyrrole nitrogens is 1. The Bertz CT molecular complexity index is 830. The molecule has 0 radical (unpaired) electrons. The number of Topliss-reactive ketones (excluding diaryl/α,β-unsaturated/α-hetero) is 1. The van der Waals surface area contributed by atoms with Crippen molar-refractivity contribution in [3.8, 4) is 11.1 Å². The molecule has 0 spiro atoms. The van der Waals surface area contributed by atoms with Crippen LogP contribution in [0.2, 0.25) is 0 Å². The fourth-order valence-corrected chi connectivity index (χ4v) is 3.40. The molecule has 3 aromatic rings. The molecule has 1 atom stereocenters. The number of benzene rings is 1. The molecule has 0 saturated carbocycles. The van der Waals surface area contributed by atoms with Gasteiger partial charge in [-0.05, 0) is 37.1 Å². The second-order valence-electron chi connectivity index (χ2n) is 6.45. The summed E-state index contributed by atoms with van der Waals surface area (Å²) in [7, 11) is 0. The third-order valence-corrected chi connectivity index (χ3v) is 4.69. The first kappa shape index (κ1) is 15.1. The van der Waals surface area contributed by atoms with Crippen LogP contribution in [0.25, 0.3) is 22.2 Å². The highest BCUT2D eigenvalue weighted by Gasteiger charge is 2.17. The van der Waals surface area contributed by atoms with Crippen LogP contribution >= 0.6 is 0 Å². The normalized spacial score (nSPS) is 18.1. The predicted molar refractivity (Wildman–Crippen MR) is 92.6 cm³/mol. The summed E-state index contributed by atoms with van der Waals surface area (Å²) < 4.78 is 1.95. The number of rotatable bonds is 5. The van der Waals surface area contributed by atoms with Gasteiger partial charge in [0.2, 0.25) is 0 Å². The van der Waals surface area contributed by atoms with E-state index in [-0.39, 0.29) is 5.78 Å². The minimum absolute atomic E-state index is 0.252. The van der Waals surface area contributed by atoms with E-state index >= 15 is 0 Å². The van der Waals surface area contributed by atoms with E-state index in [9.17, 15) is 4.79 Å². The Balaban J connectivity index is 1.53. The van der Waals surface area contributed by atoms with Crippen molar-refractivity contribution in [1.29, 1.82) is 0 Å². The number of imidazole rings is 1. The zero-order chi connectivity index (χ0) is 16.4. The van der Waals surface area contributed by atoms with E-state index in [1.807, 2.05) is 22.9 Å². The van der Waals surface area contributed by atoms with Gasteiger partial charge in [-0.1, -0.05) is 12.5 Å². The van der Waals surface area contributed by atoms with Crippen molar-refractivity contribution in [3.05, 3.63) is 36.9 Å². The van der Waals surface area contributed by atoms with Gasteiger partial charge in [0.15, 0.2) is 5.78 Å². The quantitative estimate of drug-likeness (QED) is 0.756. The third-order valence-electron chi connectivity index (χ3n) is 4.69. The number of carbonyl (C=O) groups is 1. The highest BCUT2D eigenvalue weighted by atomic mass is 16.1. The van der Waals surface area contributed by atoms with E-state index in [1.165, 1.54) is 12.8 Å². The van der Waals surface area contributed by atoms with Crippen LogP contribution < -0.4 is 5.32 Å². The summed E-state index contributed by atoms with van der Waals surface area (Å²) in [5.41, 5.74) is 3.99. The summed E-state index contributed by atoms with van der Waals surface area (Å²) in [6, 6.07) is 6.42. The predicted octanol–water partition coefficient (Wildman–Crippen LogP) is 2.53. The molecule has 1 aliphatic rings. The largest absolute Gasteiger partial charge is 0.323 e. The molecule has 0 aliphatic carbocycles. The maximum atomic E-state index is 12.4. The number of nitrogens with one attached hydrogen (secondary N) is 2. The standard InChI is InChI=1S/C18H21N5O/c24-16(8-15-3-1-2-6-19-15)11-23-12-20-17-5-4-13(7-18(17)23)14-9-21-22-10-14/h4-5,7,9-10,12,15,19H,1-3,6,8,11H2,(H,21,22)/t15-/m0/s1. The number of carbonyl (C=O) groups excluding carboxylic acids is 1. The summed E-state index contributed by atoms with van der Waals surface area (Å²) in [5.74, 6) is 0.252. The summed E-state index contributed by atoms with van der Waals surface area (Å²) >= 11 is 0. The van der Waals surface area contributed by atoms with E-state index < -0.39 is 0 Å². The van der Waals surface area contributed by atoms with E-state index in [0.717, 1.165) is 35.1 Å². The summed E-state index contributed by atoms with van der Waals surface area (Å²) in [6.07, 6.45) is 9.54. The van der Waals surface area contributed by atoms with E-state index in [2.05, 4.69) is 26.6 Å². The highest BCUT2D eigenvalue weighted by Crippen LogP contribution is 2.23. The number of piperidine rings is 1. The molecule has 1 saturated heterocycles. The average Bonchev–Trinajstić information content (AvgIpc) is 3.26. The Morgan fingerprint density at radius 1 is 1.29 bits per heavy atom. The third kappa shape index (κ3) is 3.10. The fourth-order valence-electron chi connectivity index (χ4n) is 3.40. The number of hydrogen-bond donors (Lipinski definition) is 2. The van der Waals surface area contributed by atoms with Gasteiger partial charge >= 0.3 is 0 Å². The maximum absolute atomic E-state index is 12.4. The molecule has 0 unspecified atom stereocenters. The van der Waals surface area contributed by atoms with Crippen molar-refractivity contribution >= 4 is 16.8 Å². The van der Waals surface area contributed by atoms with Gasteiger partial charge in [-0.15, -0.1) is 0 Å². The minimum atomic E-state index is 0.252. The first-order chi connectivity index (χ1) is 11.8. The van der Waals surface area contributed by atoms with Crippen molar-refractivity contribution in [2.75, 3.05) is 6.54 Å². The Morgan fingerprint density at radius 3 is 3.04 bits per heavy atom. The van der Waals surface area contributed by atoms with E-state index in [0.29, 0.717) is 19.0 Å². The Kier molecular flexibility index (Phi) is 4.13. The molecule has 0 amide bonds. The van der Waals surface area contributed by atoms with E-state index in [1.54, 1.807) is 12.5 Å². The van der Waals surface area contributed by atoms with Crippen LogP contribution in [0.1, 0.15) is 25.7 Å². The van der Waals surface area contributed by atoms with Gasteiger partial charge in [-0.2, -0.15) is 5.10 Å². The number of ketones is 1. The molecule has 3 heterocycles. The van der Waals surface area contributed by atoms with Crippen molar-refractivity contribution in [1.82, 2.24) is 25.1 Å². The Hall–Kier alpha value is -2.47. The van der Waals surface area contributed by atoms with Crippen molar-refractivity contribution < 1.29 is 4.79 Å². The molecule has 4 rings (SSSR count). The van der Waals surface area contributed by atoms with Crippen LogP contribution in [0.5, 0.6) is 0 Å². The van der Waals surface area contributed by atoms with Crippen LogP contribution in [-0.4, -0.2) is 38.1 Å². The second-order valence-corrected chi connectivity index (χ2v) is 6.45. The molecule has 124 valence electrons. The van der Waals surface area contributed by atoms with Crippen molar-refractivity contribution in [2.24, 2.45) is 0 Å². The molecule has 6 heteroatoms. The number of aromatic nitrogens is 4. The molecule has 24 heavy (non-hydrogen) atoms. The first-order valence-corrected chi connectivity index (χ1v) is 8.49. The second kappa shape index (κ2) is 6.57. The molecule has 1 aliphatic heterocycles. The lowest BCUT2D eigenvalue weighted by molar-refractivity contribution is -0.120. The zero-order valence-corrected chi connectivity index (χ0v) is 13.5. The lowest BCUT2D eigenvalue weighted by atomic mass is 10.00. The summed E-state index contributed by atoms with van der Waals surface area (Å²) in [5, 5.41) is 10.3. The van der Waals surface area contributed by atoms with Crippen molar-refractivity contribution in [2.45, 2.75) is 38.3 Å². The average molecular weight is 323 g/mol. The topological polar surface area (TPSA) is 75.6 Å². The first-order valence-electron chi connectivity index (χ1n) is 8.49. The smallest absolute Gasteiger partial charge is 0.154 e. The number of fused-ring (bicyclic) bond motifs is 1. The molecule has 2 N–H and O–H groups in total. The molecule has 2 aromatic heterocycles. The van der Waals surface area contributed by atoms with Gasteiger partial charge in [0.05, 0.1) is 30.1 Å². The molecule has 1 aromatic carbocycles. The Labute approximate surface area is 140 Å². The summed E-state index contributed by atoms with van der Waals surface area (Å²) in [6.45, 7) is 1.41. The van der Waals surface area contributed by atoms with Crippen molar-refractivity contribution in [3.63, 3.8) is 0 Å². The van der Waals surface area contributed by atoms with Crippen LogP contribution in [0.3, 0.4) is 0 Å². The molecule has 6 nitrogen and oxygen atoms in total. The van der Waals surface area contributed by atoms with Gasteiger partial charge in [0.25, 0.3) is 0 Å². The van der Waals surface area contributed by atoms with Crippen LogP contribution in [0.15, 0.2) is 36.9 Å². The zero-order valence-electron chi connectivity index (χ0n) is 13.5. The number of hydrogen-bond acceptors (Lipinski definition) is 4. The van der Waals surface area contributed by atoms with Crippen LogP contribution in [-0.2, 0) is 11.3 Å². The van der Waals surface area contributed by atoms with Gasteiger partial charge in [-0.25, -0.2) is 4.98 Å². The monoisotopic (exact) mass is 323 g/mol. The Morgan fingerprint density at radius 2 is 2.25 bits per heavy atom. The molecule has 0 bridgehead atoms. The van der Waals surface area contributed by atoms with Gasteiger partial charge in [-0.3, -0.25) is 9.89 Å². The lowest BCUT2D eigenvalue weighted by Crippen LogP contribution is -2.36. The van der Waals surface area contributed by atoms with Gasteiger partial charge < -0.3 is 9.88 Å².